The summed E-state index contributed by atoms with van der Waals surface area (Å²) in [7, 11) is 1.98. The normalized spacial score (nSPS) is 9.89. The fourth-order valence-corrected chi connectivity index (χ4v) is 2.16. The number of benzene rings is 1. The van der Waals surface area contributed by atoms with Crippen molar-refractivity contribution in [1.29, 1.82) is 0 Å². The van der Waals surface area contributed by atoms with Crippen LogP contribution in [0, 0.1) is 18.8 Å². The lowest BCUT2D eigenvalue weighted by Crippen LogP contribution is -1.98. The standard InChI is InChI=1S/C18H27N/c1-5-7-9-10-12-18-15(3)13-17(19-4)14-16(18)11-8-6-2/h13-14,19H,5-9,11H2,1-4H3. The third-order valence-corrected chi connectivity index (χ3v) is 3.37. The molecule has 0 aromatic heterocycles. The first-order chi connectivity index (χ1) is 9.22. The summed E-state index contributed by atoms with van der Waals surface area (Å²) in [6.45, 7) is 6.61. The smallest absolute Gasteiger partial charge is 0.0343 e. The van der Waals surface area contributed by atoms with E-state index in [1.165, 1.54) is 48.1 Å². The quantitative estimate of drug-likeness (QED) is 0.563. The van der Waals surface area contributed by atoms with Gasteiger partial charge in [0.2, 0.25) is 0 Å². The Bertz CT molecular complexity index is 449. The second-order valence-electron chi connectivity index (χ2n) is 5.09. The van der Waals surface area contributed by atoms with Crippen molar-refractivity contribution in [3.05, 3.63) is 28.8 Å². The highest BCUT2D eigenvalue weighted by Gasteiger charge is 2.05. The van der Waals surface area contributed by atoms with Gasteiger partial charge in [-0.15, -0.1) is 0 Å². The zero-order valence-electron chi connectivity index (χ0n) is 12.9. The molecule has 0 unspecified atom stereocenters. The topological polar surface area (TPSA) is 12.0 Å². The maximum Gasteiger partial charge on any atom is 0.0343 e. The first-order valence-corrected chi connectivity index (χ1v) is 7.53. The lowest BCUT2D eigenvalue weighted by Gasteiger charge is -2.11. The van der Waals surface area contributed by atoms with Gasteiger partial charge in [-0.1, -0.05) is 38.5 Å². The van der Waals surface area contributed by atoms with E-state index in [0.29, 0.717) is 0 Å². The average molecular weight is 257 g/mol. The van der Waals surface area contributed by atoms with Crippen LogP contribution in [0.15, 0.2) is 12.1 Å². The van der Waals surface area contributed by atoms with Crippen LogP contribution in [-0.2, 0) is 6.42 Å². The monoisotopic (exact) mass is 257 g/mol. The summed E-state index contributed by atoms with van der Waals surface area (Å²) >= 11 is 0. The molecule has 1 aromatic carbocycles. The van der Waals surface area contributed by atoms with E-state index >= 15 is 0 Å². The van der Waals surface area contributed by atoms with Crippen molar-refractivity contribution in [2.75, 3.05) is 12.4 Å². The van der Waals surface area contributed by atoms with Crippen LogP contribution in [0.3, 0.4) is 0 Å². The first-order valence-electron chi connectivity index (χ1n) is 7.53. The van der Waals surface area contributed by atoms with Crippen LogP contribution in [0.2, 0.25) is 0 Å². The fourth-order valence-electron chi connectivity index (χ4n) is 2.16. The van der Waals surface area contributed by atoms with E-state index in [-0.39, 0.29) is 0 Å². The van der Waals surface area contributed by atoms with Gasteiger partial charge in [0.05, 0.1) is 0 Å². The van der Waals surface area contributed by atoms with E-state index in [4.69, 9.17) is 0 Å². The van der Waals surface area contributed by atoms with Crippen LogP contribution in [0.5, 0.6) is 0 Å². The van der Waals surface area contributed by atoms with Crippen molar-refractivity contribution in [3.8, 4) is 11.8 Å². The molecule has 0 aliphatic rings. The lowest BCUT2D eigenvalue weighted by molar-refractivity contribution is 0.793. The van der Waals surface area contributed by atoms with Gasteiger partial charge in [-0.05, 0) is 49.4 Å². The SMILES string of the molecule is CCCCC#Cc1c(C)cc(NC)cc1CCCC. The highest BCUT2D eigenvalue weighted by molar-refractivity contribution is 5.57. The molecule has 1 aromatic rings. The Balaban J connectivity index is 3.00. The number of nitrogens with one attached hydrogen (secondary N) is 1. The summed E-state index contributed by atoms with van der Waals surface area (Å²) in [4.78, 5) is 0. The van der Waals surface area contributed by atoms with Crippen molar-refractivity contribution in [3.63, 3.8) is 0 Å². The molecule has 1 N–H and O–H groups in total. The van der Waals surface area contributed by atoms with Crippen molar-refractivity contribution < 1.29 is 0 Å². The number of anilines is 1. The van der Waals surface area contributed by atoms with Gasteiger partial charge >= 0.3 is 0 Å². The minimum absolute atomic E-state index is 1.01. The summed E-state index contributed by atoms with van der Waals surface area (Å²) in [5.41, 5.74) is 5.14. The summed E-state index contributed by atoms with van der Waals surface area (Å²) < 4.78 is 0. The molecule has 0 bridgehead atoms. The molecule has 19 heavy (non-hydrogen) atoms. The summed E-state index contributed by atoms with van der Waals surface area (Å²) in [5.74, 6) is 6.73. The number of rotatable bonds is 6. The van der Waals surface area contributed by atoms with Gasteiger partial charge in [-0.2, -0.15) is 0 Å². The molecule has 0 heterocycles. The average Bonchev–Trinajstić information content (AvgIpc) is 2.42. The molecule has 0 saturated carbocycles. The molecule has 0 radical (unpaired) electrons. The Labute approximate surface area is 118 Å². The predicted molar refractivity (Wildman–Crippen MR) is 85.7 cm³/mol. The van der Waals surface area contributed by atoms with E-state index in [9.17, 15) is 0 Å². The minimum atomic E-state index is 1.01. The number of unbranched alkanes of at least 4 members (excludes halogenated alkanes) is 3. The molecular weight excluding hydrogens is 230 g/mol. The summed E-state index contributed by atoms with van der Waals surface area (Å²) in [5, 5.41) is 3.24. The molecule has 0 saturated heterocycles. The number of aryl methyl sites for hydroxylation is 2. The van der Waals surface area contributed by atoms with Gasteiger partial charge in [0.15, 0.2) is 0 Å². The molecule has 0 spiro atoms. The van der Waals surface area contributed by atoms with Gasteiger partial charge in [0.1, 0.15) is 0 Å². The summed E-state index contributed by atoms with van der Waals surface area (Å²) in [6, 6.07) is 4.45. The van der Waals surface area contributed by atoms with Gasteiger partial charge in [0.25, 0.3) is 0 Å². The molecule has 1 rings (SSSR count). The third-order valence-electron chi connectivity index (χ3n) is 3.37. The van der Waals surface area contributed by atoms with E-state index in [1.807, 2.05) is 7.05 Å². The van der Waals surface area contributed by atoms with E-state index in [0.717, 1.165) is 12.8 Å². The fraction of sp³-hybridized carbons (Fsp3) is 0.556. The van der Waals surface area contributed by atoms with Gasteiger partial charge < -0.3 is 5.32 Å². The maximum atomic E-state index is 3.40. The predicted octanol–water partition coefficient (Wildman–Crippen LogP) is 4.92. The Morgan fingerprint density at radius 3 is 2.47 bits per heavy atom. The molecule has 104 valence electrons. The Morgan fingerprint density at radius 1 is 1.11 bits per heavy atom. The Hall–Kier alpha value is -1.42. The van der Waals surface area contributed by atoms with Crippen LogP contribution in [0.4, 0.5) is 5.69 Å². The molecule has 0 amide bonds. The highest BCUT2D eigenvalue weighted by atomic mass is 14.8. The molecule has 1 heteroatoms. The van der Waals surface area contributed by atoms with Crippen LogP contribution in [0.25, 0.3) is 0 Å². The van der Waals surface area contributed by atoms with Crippen LogP contribution >= 0.6 is 0 Å². The second-order valence-corrected chi connectivity index (χ2v) is 5.09. The molecule has 0 aliphatic carbocycles. The number of hydrogen-bond acceptors (Lipinski definition) is 1. The molecule has 0 atom stereocenters. The van der Waals surface area contributed by atoms with Crippen molar-refractivity contribution >= 4 is 5.69 Å². The Kier molecular flexibility index (Phi) is 7.11. The number of hydrogen-bond donors (Lipinski definition) is 1. The largest absolute Gasteiger partial charge is 0.388 e. The van der Waals surface area contributed by atoms with E-state index in [2.05, 4.69) is 50.1 Å². The molecular formula is C18H27N. The maximum absolute atomic E-state index is 3.40. The lowest BCUT2D eigenvalue weighted by atomic mass is 9.97. The molecule has 1 nitrogen and oxygen atoms in total. The second kappa shape index (κ2) is 8.64. The highest BCUT2D eigenvalue weighted by Crippen LogP contribution is 2.21. The zero-order valence-corrected chi connectivity index (χ0v) is 12.9. The molecule has 0 fully saturated rings. The third kappa shape index (κ3) is 4.99. The van der Waals surface area contributed by atoms with Gasteiger partial charge in [0, 0.05) is 24.7 Å². The van der Waals surface area contributed by atoms with E-state index in [1.54, 1.807) is 0 Å². The van der Waals surface area contributed by atoms with Crippen LogP contribution < -0.4 is 5.32 Å². The Morgan fingerprint density at radius 2 is 1.84 bits per heavy atom. The van der Waals surface area contributed by atoms with E-state index < -0.39 is 0 Å². The van der Waals surface area contributed by atoms with Crippen molar-refractivity contribution in [1.82, 2.24) is 0 Å². The minimum Gasteiger partial charge on any atom is -0.388 e. The zero-order chi connectivity index (χ0) is 14.1. The van der Waals surface area contributed by atoms with Crippen molar-refractivity contribution in [2.45, 2.75) is 59.3 Å². The van der Waals surface area contributed by atoms with Gasteiger partial charge in [-0.3, -0.25) is 0 Å². The molecule has 0 aliphatic heterocycles. The first kappa shape index (κ1) is 15.6. The van der Waals surface area contributed by atoms with Crippen LogP contribution in [0.1, 0.15) is 62.6 Å². The summed E-state index contributed by atoms with van der Waals surface area (Å²) in [6.07, 6.45) is 7.02. The van der Waals surface area contributed by atoms with Gasteiger partial charge in [-0.25, -0.2) is 0 Å². The van der Waals surface area contributed by atoms with Crippen molar-refractivity contribution in [2.24, 2.45) is 0 Å². The van der Waals surface area contributed by atoms with Crippen LogP contribution in [-0.4, -0.2) is 7.05 Å².